The molecule has 0 saturated carbocycles. The predicted octanol–water partition coefficient (Wildman–Crippen LogP) is 3.26. The van der Waals surface area contributed by atoms with Crippen LogP contribution in [0.15, 0.2) is 29.3 Å². The first-order valence-electron chi connectivity index (χ1n) is 7.11. The van der Waals surface area contributed by atoms with E-state index in [4.69, 9.17) is 11.6 Å². The van der Waals surface area contributed by atoms with Crippen LogP contribution in [0.5, 0.6) is 0 Å². The van der Waals surface area contributed by atoms with E-state index in [9.17, 15) is 0 Å². The molecule has 0 unspecified atom stereocenters. The molecule has 0 bridgehead atoms. The Kier molecular flexibility index (Phi) is 3.88. The number of anilines is 1. The first-order valence-corrected chi connectivity index (χ1v) is 7.49. The van der Waals surface area contributed by atoms with Crippen molar-refractivity contribution in [1.82, 2.24) is 10.2 Å². The van der Waals surface area contributed by atoms with Crippen LogP contribution in [-0.4, -0.2) is 29.0 Å². The van der Waals surface area contributed by atoms with E-state index in [1.54, 1.807) is 0 Å². The lowest BCUT2D eigenvalue weighted by atomic mass is 10.0. The zero-order chi connectivity index (χ0) is 14.8. The Morgan fingerprint density at radius 2 is 1.95 bits per heavy atom. The standard InChI is InChI=1S/C16H17ClN4/c1-3-13-10(2)14-16(21-20-13)15(19-9-8-18-14)11-4-6-12(17)7-5-11/h4-7,18H,3,8-9H2,1-2H3. The van der Waals surface area contributed by atoms with Crippen LogP contribution in [0.25, 0.3) is 0 Å². The molecule has 0 atom stereocenters. The summed E-state index contributed by atoms with van der Waals surface area (Å²) in [7, 11) is 0. The molecule has 2 aromatic rings. The second kappa shape index (κ2) is 5.82. The molecule has 4 nitrogen and oxygen atoms in total. The second-order valence-corrected chi connectivity index (χ2v) is 5.45. The van der Waals surface area contributed by atoms with Crippen LogP contribution in [0.2, 0.25) is 5.02 Å². The maximum absolute atomic E-state index is 5.97. The van der Waals surface area contributed by atoms with Gasteiger partial charge in [-0.3, -0.25) is 4.99 Å². The van der Waals surface area contributed by atoms with Crippen molar-refractivity contribution >= 4 is 23.0 Å². The van der Waals surface area contributed by atoms with E-state index < -0.39 is 0 Å². The summed E-state index contributed by atoms with van der Waals surface area (Å²) < 4.78 is 0. The van der Waals surface area contributed by atoms with Crippen LogP contribution in [-0.2, 0) is 6.42 Å². The number of nitrogens with zero attached hydrogens (tertiary/aromatic N) is 3. The molecule has 0 amide bonds. The molecule has 1 aliphatic rings. The van der Waals surface area contributed by atoms with Crippen molar-refractivity contribution in [3.8, 4) is 0 Å². The van der Waals surface area contributed by atoms with Gasteiger partial charge in [0.1, 0.15) is 5.69 Å². The Bertz CT molecular complexity index is 692. The number of hydrogen-bond donors (Lipinski definition) is 1. The molecule has 0 radical (unpaired) electrons. The Hall–Kier alpha value is -1.94. The third-order valence-electron chi connectivity index (χ3n) is 3.68. The fourth-order valence-corrected chi connectivity index (χ4v) is 2.66. The normalized spacial score (nSPS) is 14.0. The Morgan fingerprint density at radius 3 is 2.67 bits per heavy atom. The van der Waals surface area contributed by atoms with Crippen LogP contribution in [0.4, 0.5) is 5.69 Å². The number of aromatic nitrogens is 2. The van der Waals surface area contributed by atoms with Gasteiger partial charge in [0.05, 0.1) is 23.6 Å². The smallest absolute Gasteiger partial charge is 0.135 e. The fraction of sp³-hybridized carbons (Fsp3) is 0.312. The number of benzene rings is 1. The number of hydrogen-bond acceptors (Lipinski definition) is 4. The number of rotatable bonds is 2. The average molecular weight is 301 g/mol. The van der Waals surface area contributed by atoms with Crippen LogP contribution in [0, 0.1) is 6.92 Å². The summed E-state index contributed by atoms with van der Waals surface area (Å²) in [6.45, 7) is 5.70. The number of aryl methyl sites for hydroxylation is 1. The minimum absolute atomic E-state index is 0.717. The summed E-state index contributed by atoms with van der Waals surface area (Å²) in [6, 6.07) is 7.69. The zero-order valence-electron chi connectivity index (χ0n) is 12.2. The highest BCUT2D eigenvalue weighted by molar-refractivity contribution is 6.30. The number of aliphatic imine (C=N–C) groups is 1. The lowest BCUT2D eigenvalue weighted by Crippen LogP contribution is -2.13. The highest BCUT2D eigenvalue weighted by Crippen LogP contribution is 2.25. The molecule has 0 fully saturated rings. The fourth-order valence-electron chi connectivity index (χ4n) is 2.53. The van der Waals surface area contributed by atoms with Crippen LogP contribution < -0.4 is 5.32 Å². The highest BCUT2D eigenvalue weighted by atomic mass is 35.5. The summed E-state index contributed by atoms with van der Waals surface area (Å²) >= 11 is 5.97. The lowest BCUT2D eigenvalue weighted by Gasteiger charge is -2.13. The molecule has 1 N–H and O–H groups in total. The Balaban J connectivity index is 2.14. The van der Waals surface area contributed by atoms with E-state index in [0.717, 1.165) is 58.4 Å². The third-order valence-corrected chi connectivity index (χ3v) is 3.93. The summed E-state index contributed by atoms with van der Waals surface area (Å²) in [4.78, 5) is 4.67. The van der Waals surface area contributed by atoms with Crippen molar-refractivity contribution < 1.29 is 0 Å². The summed E-state index contributed by atoms with van der Waals surface area (Å²) in [5.74, 6) is 0. The van der Waals surface area contributed by atoms with Gasteiger partial charge in [0.2, 0.25) is 0 Å². The van der Waals surface area contributed by atoms with E-state index in [1.807, 2.05) is 24.3 Å². The maximum atomic E-state index is 5.97. The van der Waals surface area contributed by atoms with Crippen molar-refractivity contribution in [3.63, 3.8) is 0 Å². The molecule has 0 spiro atoms. The quantitative estimate of drug-likeness (QED) is 0.926. The molecular formula is C16H17ClN4. The van der Waals surface area contributed by atoms with Gasteiger partial charge in [-0.05, 0) is 31.0 Å². The van der Waals surface area contributed by atoms with Crippen molar-refractivity contribution in [1.29, 1.82) is 0 Å². The van der Waals surface area contributed by atoms with E-state index >= 15 is 0 Å². The summed E-state index contributed by atoms with van der Waals surface area (Å²) in [5, 5.41) is 12.9. The van der Waals surface area contributed by atoms with Gasteiger partial charge in [0.25, 0.3) is 0 Å². The van der Waals surface area contributed by atoms with Gasteiger partial charge in [-0.2, -0.15) is 5.10 Å². The van der Waals surface area contributed by atoms with Crippen molar-refractivity contribution in [2.24, 2.45) is 4.99 Å². The Morgan fingerprint density at radius 1 is 1.19 bits per heavy atom. The van der Waals surface area contributed by atoms with Crippen molar-refractivity contribution in [2.45, 2.75) is 20.3 Å². The van der Waals surface area contributed by atoms with Crippen molar-refractivity contribution in [3.05, 3.63) is 51.8 Å². The topological polar surface area (TPSA) is 50.2 Å². The number of fused-ring (bicyclic) bond motifs is 1. The van der Waals surface area contributed by atoms with Gasteiger partial charge in [0.15, 0.2) is 0 Å². The summed E-state index contributed by atoms with van der Waals surface area (Å²) in [6.07, 6.45) is 0.876. The van der Waals surface area contributed by atoms with Gasteiger partial charge in [0, 0.05) is 17.1 Å². The van der Waals surface area contributed by atoms with Crippen LogP contribution >= 0.6 is 11.6 Å². The van der Waals surface area contributed by atoms with Gasteiger partial charge in [-0.25, -0.2) is 0 Å². The van der Waals surface area contributed by atoms with E-state index in [1.165, 1.54) is 0 Å². The van der Waals surface area contributed by atoms with E-state index in [0.29, 0.717) is 0 Å². The predicted molar refractivity (Wildman–Crippen MR) is 86.6 cm³/mol. The average Bonchev–Trinajstić information content (AvgIpc) is 2.72. The molecule has 1 aliphatic heterocycles. The molecule has 1 aromatic carbocycles. The number of nitrogens with one attached hydrogen (secondary N) is 1. The molecule has 3 rings (SSSR count). The minimum Gasteiger partial charge on any atom is -0.381 e. The molecule has 108 valence electrons. The Labute approximate surface area is 129 Å². The monoisotopic (exact) mass is 300 g/mol. The van der Waals surface area contributed by atoms with Gasteiger partial charge in [-0.15, -0.1) is 5.10 Å². The minimum atomic E-state index is 0.717. The zero-order valence-corrected chi connectivity index (χ0v) is 12.9. The maximum Gasteiger partial charge on any atom is 0.135 e. The van der Waals surface area contributed by atoms with Gasteiger partial charge in [-0.1, -0.05) is 30.7 Å². The van der Waals surface area contributed by atoms with E-state index in [-0.39, 0.29) is 0 Å². The molecule has 21 heavy (non-hydrogen) atoms. The van der Waals surface area contributed by atoms with Gasteiger partial charge < -0.3 is 5.32 Å². The third kappa shape index (κ3) is 2.63. The second-order valence-electron chi connectivity index (χ2n) is 5.01. The first kappa shape index (κ1) is 14.0. The molecule has 0 saturated heterocycles. The molecule has 2 heterocycles. The molecule has 1 aromatic heterocycles. The van der Waals surface area contributed by atoms with Crippen LogP contribution in [0.1, 0.15) is 29.4 Å². The van der Waals surface area contributed by atoms with E-state index in [2.05, 4.69) is 34.4 Å². The highest BCUT2D eigenvalue weighted by Gasteiger charge is 2.20. The molecular weight excluding hydrogens is 284 g/mol. The van der Waals surface area contributed by atoms with Gasteiger partial charge >= 0.3 is 0 Å². The first-order chi connectivity index (χ1) is 10.2. The lowest BCUT2D eigenvalue weighted by molar-refractivity contribution is 0.895. The summed E-state index contributed by atoms with van der Waals surface area (Å²) in [5.41, 5.74) is 5.95. The SMILES string of the molecule is CCc1nnc2c(c1C)NCCN=C2c1ccc(Cl)cc1. The molecule has 5 heteroatoms. The largest absolute Gasteiger partial charge is 0.381 e. The van der Waals surface area contributed by atoms with Crippen LogP contribution in [0.3, 0.4) is 0 Å². The number of halogens is 1. The van der Waals surface area contributed by atoms with Crippen molar-refractivity contribution in [2.75, 3.05) is 18.4 Å². The molecule has 0 aliphatic carbocycles.